The number of hydrogen-bond acceptors (Lipinski definition) is 4. The van der Waals surface area contributed by atoms with Crippen LogP contribution in [0.15, 0.2) is 42.6 Å². The van der Waals surface area contributed by atoms with E-state index in [-0.39, 0.29) is 5.91 Å². The average molecular weight is 367 g/mol. The van der Waals surface area contributed by atoms with E-state index in [4.69, 9.17) is 0 Å². The summed E-state index contributed by atoms with van der Waals surface area (Å²) in [5, 5.41) is 2.98. The fourth-order valence-corrected chi connectivity index (χ4v) is 3.41. The summed E-state index contributed by atoms with van der Waals surface area (Å²) in [4.78, 5) is 21.6. The Morgan fingerprint density at radius 1 is 1.04 bits per heavy atom. The van der Waals surface area contributed by atoms with Gasteiger partial charge in [-0.25, -0.2) is 4.98 Å². The molecule has 1 aromatic heterocycles. The number of anilines is 1. The predicted molar refractivity (Wildman–Crippen MR) is 110 cm³/mol. The number of hydrogen-bond donors (Lipinski definition) is 1. The van der Waals surface area contributed by atoms with E-state index in [1.54, 1.807) is 0 Å². The lowest BCUT2D eigenvalue weighted by molar-refractivity contribution is 0.0951. The highest BCUT2D eigenvalue weighted by atomic mass is 16.1. The second-order valence-corrected chi connectivity index (χ2v) is 7.06. The lowest BCUT2D eigenvalue weighted by Gasteiger charge is -2.18. The molecule has 5 nitrogen and oxygen atoms in total. The van der Waals surface area contributed by atoms with E-state index in [1.165, 1.54) is 18.4 Å². The van der Waals surface area contributed by atoms with Crippen molar-refractivity contribution in [3.8, 4) is 0 Å². The molecule has 1 saturated heterocycles. The van der Waals surface area contributed by atoms with Gasteiger partial charge in [-0.05, 0) is 55.3 Å². The lowest BCUT2D eigenvalue weighted by atomic mass is 10.1. The molecule has 0 spiro atoms. The summed E-state index contributed by atoms with van der Waals surface area (Å²) in [6, 6.07) is 12.0. The minimum absolute atomic E-state index is 0.0481. The number of nitrogens with one attached hydrogen (secondary N) is 1. The topological polar surface area (TPSA) is 48.5 Å². The molecule has 2 heterocycles. The molecular weight excluding hydrogens is 336 g/mol. The van der Waals surface area contributed by atoms with Gasteiger partial charge in [0.05, 0.1) is 0 Å². The van der Waals surface area contributed by atoms with Gasteiger partial charge in [0.15, 0.2) is 0 Å². The molecule has 27 heavy (non-hydrogen) atoms. The van der Waals surface area contributed by atoms with Crippen molar-refractivity contribution < 1.29 is 4.79 Å². The zero-order valence-electron chi connectivity index (χ0n) is 16.4. The molecule has 0 saturated carbocycles. The number of carbonyl (C=O) groups excluding carboxylic acids is 1. The van der Waals surface area contributed by atoms with Gasteiger partial charge in [0, 0.05) is 37.9 Å². The van der Waals surface area contributed by atoms with E-state index in [9.17, 15) is 4.79 Å². The molecule has 1 aliphatic heterocycles. The summed E-state index contributed by atoms with van der Waals surface area (Å²) in [7, 11) is 0. The molecule has 1 aliphatic rings. The number of aromatic nitrogens is 1. The van der Waals surface area contributed by atoms with Crippen LogP contribution >= 0.6 is 0 Å². The van der Waals surface area contributed by atoms with Gasteiger partial charge in [-0.1, -0.05) is 32.0 Å². The fourth-order valence-electron chi connectivity index (χ4n) is 3.41. The van der Waals surface area contributed by atoms with Crippen LogP contribution in [-0.4, -0.2) is 42.0 Å². The molecule has 1 aromatic carbocycles. The van der Waals surface area contributed by atoms with Gasteiger partial charge < -0.3 is 10.2 Å². The summed E-state index contributed by atoms with van der Waals surface area (Å²) in [6.45, 7) is 9.99. The zero-order valence-corrected chi connectivity index (χ0v) is 16.4. The van der Waals surface area contributed by atoms with Crippen molar-refractivity contribution in [1.29, 1.82) is 0 Å². The minimum Gasteiger partial charge on any atom is -0.357 e. The first-order valence-corrected chi connectivity index (χ1v) is 9.99. The van der Waals surface area contributed by atoms with Crippen LogP contribution in [-0.2, 0) is 13.1 Å². The Bertz CT molecular complexity index is 717. The maximum atomic E-state index is 12.4. The van der Waals surface area contributed by atoms with Crippen LogP contribution in [0, 0.1) is 0 Å². The van der Waals surface area contributed by atoms with Gasteiger partial charge in [-0.15, -0.1) is 0 Å². The lowest BCUT2D eigenvalue weighted by Crippen LogP contribution is -2.24. The van der Waals surface area contributed by atoms with Crippen LogP contribution < -0.4 is 10.2 Å². The van der Waals surface area contributed by atoms with Crippen molar-refractivity contribution in [2.45, 2.75) is 39.8 Å². The number of amides is 1. The summed E-state index contributed by atoms with van der Waals surface area (Å²) in [6.07, 6.45) is 4.35. The van der Waals surface area contributed by atoms with Gasteiger partial charge in [-0.2, -0.15) is 0 Å². The van der Waals surface area contributed by atoms with E-state index in [0.717, 1.165) is 44.1 Å². The van der Waals surface area contributed by atoms with E-state index in [0.29, 0.717) is 12.1 Å². The van der Waals surface area contributed by atoms with Crippen LogP contribution in [0.25, 0.3) is 0 Å². The average Bonchev–Trinajstić information content (AvgIpc) is 3.26. The molecule has 1 N–H and O–H groups in total. The van der Waals surface area contributed by atoms with Crippen molar-refractivity contribution >= 4 is 11.7 Å². The minimum atomic E-state index is -0.0481. The third kappa shape index (κ3) is 5.30. The Morgan fingerprint density at radius 2 is 1.70 bits per heavy atom. The molecule has 144 valence electrons. The Labute approximate surface area is 162 Å². The number of nitrogens with zero attached hydrogens (tertiary/aromatic N) is 3. The monoisotopic (exact) mass is 366 g/mol. The van der Waals surface area contributed by atoms with Crippen LogP contribution in [0.1, 0.15) is 48.2 Å². The number of carbonyl (C=O) groups is 1. The van der Waals surface area contributed by atoms with Crippen molar-refractivity contribution in [3.05, 3.63) is 59.3 Å². The highest BCUT2D eigenvalue weighted by Gasteiger charge is 2.13. The Balaban J connectivity index is 1.51. The summed E-state index contributed by atoms with van der Waals surface area (Å²) in [5.74, 6) is 0.986. The standard InChI is InChI=1S/C22H30N4O/c1-3-25(4-2)17-18-7-10-20(11-8-18)22(27)24-16-19-9-12-21(23-15-19)26-13-5-6-14-26/h7-12,15H,3-6,13-14,16-17H2,1-2H3,(H,24,27). The SMILES string of the molecule is CCN(CC)Cc1ccc(C(=O)NCc2ccc(N3CCCC3)nc2)cc1. The quantitative estimate of drug-likeness (QED) is 0.777. The van der Waals surface area contributed by atoms with E-state index in [1.807, 2.05) is 36.5 Å². The molecular formula is C22H30N4O. The number of benzene rings is 1. The van der Waals surface area contributed by atoms with E-state index >= 15 is 0 Å². The Hall–Kier alpha value is -2.40. The van der Waals surface area contributed by atoms with Crippen LogP contribution in [0.2, 0.25) is 0 Å². The molecule has 1 amide bonds. The Kier molecular flexibility index (Phi) is 6.82. The third-order valence-electron chi connectivity index (χ3n) is 5.21. The summed E-state index contributed by atoms with van der Waals surface area (Å²) >= 11 is 0. The maximum Gasteiger partial charge on any atom is 0.251 e. The number of rotatable bonds is 8. The van der Waals surface area contributed by atoms with Crippen molar-refractivity contribution in [2.24, 2.45) is 0 Å². The zero-order chi connectivity index (χ0) is 19.1. The Morgan fingerprint density at radius 3 is 2.30 bits per heavy atom. The highest BCUT2D eigenvalue weighted by Crippen LogP contribution is 2.17. The molecule has 1 fully saturated rings. The normalized spacial score (nSPS) is 14.0. The third-order valence-corrected chi connectivity index (χ3v) is 5.21. The van der Waals surface area contributed by atoms with Crippen LogP contribution in [0.3, 0.4) is 0 Å². The smallest absolute Gasteiger partial charge is 0.251 e. The number of pyridine rings is 1. The van der Waals surface area contributed by atoms with E-state index in [2.05, 4.69) is 40.0 Å². The summed E-state index contributed by atoms with van der Waals surface area (Å²) in [5.41, 5.74) is 2.95. The van der Waals surface area contributed by atoms with Crippen LogP contribution in [0.4, 0.5) is 5.82 Å². The highest BCUT2D eigenvalue weighted by molar-refractivity contribution is 5.94. The second kappa shape index (κ2) is 9.51. The van der Waals surface area contributed by atoms with E-state index < -0.39 is 0 Å². The van der Waals surface area contributed by atoms with Gasteiger partial charge in [0.25, 0.3) is 5.91 Å². The van der Waals surface area contributed by atoms with Crippen molar-refractivity contribution in [1.82, 2.24) is 15.2 Å². The molecule has 3 rings (SSSR count). The van der Waals surface area contributed by atoms with Gasteiger partial charge in [-0.3, -0.25) is 9.69 Å². The molecule has 0 atom stereocenters. The van der Waals surface area contributed by atoms with Gasteiger partial charge >= 0.3 is 0 Å². The first-order valence-electron chi connectivity index (χ1n) is 9.99. The van der Waals surface area contributed by atoms with Crippen molar-refractivity contribution in [3.63, 3.8) is 0 Å². The largest absolute Gasteiger partial charge is 0.357 e. The molecule has 0 bridgehead atoms. The molecule has 2 aromatic rings. The second-order valence-electron chi connectivity index (χ2n) is 7.06. The first kappa shape index (κ1) is 19.4. The van der Waals surface area contributed by atoms with Crippen molar-refractivity contribution in [2.75, 3.05) is 31.1 Å². The summed E-state index contributed by atoms with van der Waals surface area (Å²) < 4.78 is 0. The fraction of sp³-hybridized carbons (Fsp3) is 0.455. The molecule has 0 radical (unpaired) electrons. The molecule has 0 unspecified atom stereocenters. The first-order chi connectivity index (χ1) is 13.2. The maximum absolute atomic E-state index is 12.4. The molecule has 0 aliphatic carbocycles. The molecule has 5 heteroatoms. The van der Waals surface area contributed by atoms with Crippen LogP contribution in [0.5, 0.6) is 0 Å². The predicted octanol–water partition coefficient (Wildman–Crippen LogP) is 3.45. The van der Waals surface area contributed by atoms with Gasteiger partial charge in [0.2, 0.25) is 0 Å². The van der Waals surface area contributed by atoms with Gasteiger partial charge in [0.1, 0.15) is 5.82 Å².